The lowest BCUT2D eigenvalue weighted by atomic mass is 9.75. The van der Waals surface area contributed by atoms with Crippen LogP contribution in [-0.4, -0.2) is 25.0 Å². The Morgan fingerprint density at radius 2 is 2.11 bits per heavy atom. The Labute approximate surface area is 159 Å². The molecule has 1 aromatic rings. The average Bonchev–Trinajstić information content (AvgIpc) is 2.66. The smallest absolute Gasteiger partial charge is 0.337 e. The number of ether oxygens (including phenoxy) is 2. The number of allylic oxidation sites excluding steroid dienone is 3. The van der Waals surface area contributed by atoms with E-state index in [0.717, 1.165) is 24.1 Å². The van der Waals surface area contributed by atoms with Crippen molar-refractivity contribution in [2.24, 2.45) is 0 Å². The third kappa shape index (κ3) is 3.68. The quantitative estimate of drug-likeness (QED) is 0.612. The first-order valence-electron chi connectivity index (χ1n) is 9.32. The van der Waals surface area contributed by atoms with Crippen LogP contribution in [0.5, 0.6) is 5.75 Å². The van der Waals surface area contributed by atoms with E-state index in [-0.39, 0.29) is 12.4 Å². The Hall–Kier alpha value is -2.82. The lowest BCUT2D eigenvalue weighted by Gasteiger charge is -2.34. The van der Waals surface area contributed by atoms with Gasteiger partial charge in [0.15, 0.2) is 5.78 Å². The van der Waals surface area contributed by atoms with Gasteiger partial charge in [-0.3, -0.25) is 4.79 Å². The predicted octanol–water partition coefficient (Wildman–Crippen LogP) is 3.78. The molecule has 0 radical (unpaired) electrons. The lowest BCUT2D eigenvalue weighted by Crippen LogP contribution is -2.34. The molecule has 0 amide bonds. The van der Waals surface area contributed by atoms with Crippen LogP contribution in [0.3, 0.4) is 0 Å². The highest BCUT2D eigenvalue weighted by atomic mass is 16.5. The van der Waals surface area contributed by atoms with E-state index in [9.17, 15) is 9.59 Å². The molecule has 1 atom stereocenters. The number of rotatable bonds is 6. The Balaban J connectivity index is 2.16. The summed E-state index contributed by atoms with van der Waals surface area (Å²) in [6, 6.07) is 7.58. The largest absolute Gasteiger partial charge is 0.494 e. The SMILES string of the molecule is C=CCOC(=O)C1=C(C)NC2=C(C(=O)CCC2)[C@@H]1c1ccccc1OCC. The molecule has 1 aliphatic heterocycles. The van der Waals surface area contributed by atoms with Crippen molar-refractivity contribution >= 4 is 11.8 Å². The average molecular weight is 367 g/mol. The standard InChI is InChI=1S/C22H25NO4/c1-4-13-27-22(25)19-14(3)23-16-10-8-11-17(24)21(16)20(19)15-9-6-7-12-18(15)26-5-2/h4,6-7,9,12,20,23H,1,5,8,10-11,13H2,2-3H3/t20-/m1/s1. The molecular formula is C22H25NO4. The van der Waals surface area contributed by atoms with E-state index in [0.29, 0.717) is 35.6 Å². The minimum absolute atomic E-state index is 0.0709. The van der Waals surface area contributed by atoms with Gasteiger partial charge < -0.3 is 14.8 Å². The second kappa shape index (κ2) is 8.25. The van der Waals surface area contributed by atoms with Gasteiger partial charge in [0.2, 0.25) is 0 Å². The number of esters is 1. The topological polar surface area (TPSA) is 64.6 Å². The summed E-state index contributed by atoms with van der Waals surface area (Å²) < 4.78 is 11.1. The molecule has 0 unspecified atom stereocenters. The van der Waals surface area contributed by atoms with Crippen LogP contribution < -0.4 is 10.1 Å². The Morgan fingerprint density at radius 1 is 1.33 bits per heavy atom. The minimum atomic E-state index is -0.492. The van der Waals surface area contributed by atoms with E-state index in [2.05, 4.69) is 11.9 Å². The maximum absolute atomic E-state index is 12.9. The van der Waals surface area contributed by atoms with Crippen molar-refractivity contribution in [3.05, 3.63) is 65.0 Å². The Morgan fingerprint density at radius 3 is 2.85 bits per heavy atom. The first-order chi connectivity index (χ1) is 13.1. The van der Waals surface area contributed by atoms with E-state index in [1.807, 2.05) is 38.1 Å². The molecule has 3 rings (SSSR count). The Bertz CT molecular complexity index is 834. The maximum Gasteiger partial charge on any atom is 0.337 e. The lowest BCUT2D eigenvalue weighted by molar-refractivity contribution is -0.138. The van der Waals surface area contributed by atoms with Gasteiger partial charge in [0.25, 0.3) is 0 Å². The van der Waals surface area contributed by atoms with Gasteiger partial charge in [-0.05, 0) is 32.8 Å². The summed E-state index contributed by atoms with van der Waals surface area (Å²) in [4.78, 5) is 25.7. The summed E-state index contributed by atoms with van der Waals surface area (Å²) in [5, 5.41) is 3.28. The van der Waals surface area contributed by atoms with Crippen LogP contribution in [0.25, 0.3) is 0 Å². The second-order valence-corrected chi connectivity index (χ2v) is 6.62. The van der Waals surface area contributed by atoms with Crippen molar-refractivity contribution in [1.29, 1.82) is 0 Å². The number of carbonyl (C=O) groups excluding carboxylic acids is 2. The van der Waals surface area contributed by atoms with E-state index >= 15 is 0 Å². The number of hydrogen-bond donors (Lipinski definition) is 1. The molecule has 5 nitrogen and oxygen atoms in total. The van der Waals surface area contributed by atoms with E-state index in [4.69, 9.17) is 9.47 Å². The molecule has 0 fully saturated rings. The zero-order chi connectivity index (χ0) is 19.4. The summed E-state index contributed by atoms with van der Waals surface area (Å²) in [5.41, 5.74) is 3.55. The number of dihydropyridines is 1. The molecule has 1 aromatic carbocycles. The molecule has 0 spiro atoms. The second-order valence-electron chi connectivity index (χ2n) is 6.62. The van der Waals surface area contributed by atoms with Gasteiger partial charge in [0, 0.05) is 29.0 Å². The highest BCUT2D eigenvalue weighted by molar-refractivity contribution is 6.04. The van der Waals surface area contributed by atoms with Crippen LogP contribution in [0, 0.1) is 0 Å². The van der Waals surface area contributed by atoms with Crippen LogP contribution >= 0.6 is 0 Å². The van der Waals surface area contributed by atoms with Crippen molar-refractivity contribution < 1.29 is 19.1 Å². The molecule has 0 saturated heterocycles. The summed E-state index contributed by atoms with van der Waals surface area (Å²) in [7, 11) is 0. The molecule has 1 heterocycles. The van der Waals surface area contributed by atoms with Crippen molar-refractivity contribution in [2.45, 2.75) is 39.0 Å². The van der Waals surface area contributed by atoms with E-state index in [1.54, 1.807) is 0 Å². The first kappa shape index (κ1) is 19.0. The van der Waals surface area contributed by atoms with Crippen LogP contribution in [0.1, 0.15) is 44.6 Å². The molecule has 1 N–H and O–H groups in total. The minimum Gasteiger partial charge on any atom is -0.494 e. The van der Waals surface area contributed by atoms with Crippen LogP contribution in [0.15, 0.2) is 59.5 Å². The number of ketones is 1. The van der Waals surface area contributed by atoms with Gasteiger partial charge in [-0.1, -0.05) is 30.9 Å². The summed E-state index contributed by atoms with van der Waals surface area (Å²) in [6.45, 7) is 7.98. The molecule has 0 saturated carbocycles. The molecule has 142 valence electrons. The van der Waals surface area contributed by atoms with Gasteiger partial charge in [0.05, 0.1) is 18.1 Å². The summed E-state index contributed by atoms with van der Waals surface area (Å²) in [6.07, 6.45) is 3.63. The van der Waals surface area contributed by atoms with E-state index < -0.39 is 11.9 Å². The van der Waals surface area contributed by atoms with Crippen molar-refractivity contribution in [2.75, 3.05) is 13.2 Å². The zero-order valence-corrected chi connectivity index (χ0v) is 15.8. The highest BCUT2D eigenvalue weighted by Gasteiger charge is 2.40. The van der Waals surface area contributed by atoms with Crippen LogP contribution in [0.4, 0.5) is 0 Å². The number of nitrogens with one attached hydrogen (secondary N) is 1. The predicted molar refractivity (Wildman–Crippen MR) is 103 cm³/mol. The number of carbonyl (C=O) groups is 2. The van der Waals surface area contributed by atoms with Gasteiger partial charge >= 0.3 is 5.97 Å². The van der Waals surface area contributed by atoms with Gasteiger partial charge in [0.1, 0.15) is 12.4 Å². The first-order valence-corrected chi connectivity index (χ1v) is 9.32. The number of benzene rings is 1. The normalized spacial score (nSPS) is 19.3. The summed E-state index contributed by atoms with van der Waals surface area (Å²) in [5.74, 6) is -0.184. The molecule has 1 aliphatic carbocycles. The highest BCUT2D eigenvalue weighted by Crippen LogP contribution is 2.45. The molecule has 2 aliphatic rings. The maximum atomic E-state index is 12.9. The van der Waals surface area contributed by atoms with E-state index in [1.165, 1.54) is 6.08 Å². The van der Waals surface area contributed by atoms with Crippen LogP contribution in [0.2, 0.25) is 0 Å². The zero-order valence-electron chi connectivity index (χ0n) is 15.8. The van der Waals surface area contributed by atoms with Gasteiger partial charge in [-0.2, -0.15) is 0 Å². The molecule has 0 bridgehead atoms. The van der Waals surface area contributed by atoms with Crippen molar-refractivity contribution in [3.63, 3.8) is 0 Å². The fourth-order valence-electron chi connectivity index (χ4n) is 3.78. The molecule has 5 heteroatoms. The van der Waals surface area contributed by atoms with Crippen molar-refractivity contribution in [3.8, 4) is 5.75 Å². The fraction of sp³-hybridized carbons (Fsp3) is 0.364. The monoisotopic (exact) mass is 367 g/mol. The van der Waals surface area contributed by atoms with Gasteiger partial charge in [-0.15, -0.1) is 0 Å². The molecule has 27 heavy (non-hydrogen) atoms. The fourth-order valence-corrected chi connectivity index (χ4v) is 3.78. The number of para-hydroxylation sites is 1. The molecular weight excluding hydrogens is 342 g/mol. The summed E-state index contributed by atoms with van der Waals surface area (Å²) >= 11 is 0. The third-order valence-corrected chi connectivity index (χ3v) is 4.86. The molecule has 0 aromatic heterocycles. The number of Topliss-reactive ketones (excluding diaryl/α,β-unsaturated/α-hetero) is 1. The Kier molecular flexibility index (Phi) is 5.79. The third-order valence-electron chi connectivity index (χ3n) is 4.86. The number of hydrogen-bond acceptors (Lipinski definition) is 5. The van der Waals surface area contributed by atoms with Crippen molar-refractivity contribution in [1.82, 2.24) is 5.32 Å². The van der Waals surface area contributed by atoms with Crippen LogP contribution in [-0.2, 0) is 14.3 Å². The van der Waals surface area contributed by atoms with Gasteiger partial charge in [-0.25, -0.2) is 4.79 Å².